The average Bonchev–Trinajstić information content (AvgIpc) is 2.82. The summed E-state index contributed by atoms with van der Waals surface area (Å²) in [5, 5.41) is 0. The van der Waals surface area contributed by atoms with Crippen LogP contribution in [0.25, 0.3) is 11.3 Å². The van der Waals surface area contributed by atoms with E-state index in [4.69, 9.17) is 0 Å². The second-order valence-corrected chi connectivity index (χ2v) is 7.83. The van der Waals surface area contributed by atoms with Crippen molar-refractivity contribution in [3.63, 3.8) is 0 Å². The van der Waals surface area contributed by atoms with Gasteiger partial charge in [0.15, 0.2) is 0 Å². The first-order valence-electron chi connectivity index (χ1n) is 10.6. The maximum absolute atomic E-state index is 13.2. The molecule has 5 nitrogen and oxygen atoms in total. The summed E-state index contributed by atoms with van der Waals surface area (Å²) >= 11 is 0. The van der Waals surface area contributed by atoms with Gasteiger partial charge in [-0.25, -0.2) is 4.98 Å². The molecule has 1 heterocycles. The standard InChI is InChI=1S/C27H25N3O2/c1-21-12-14-24(15-13-21)25-16-26(31)30(20-28-25)19-27(32)29(17-22-8-4-2-5-9-22)18-23-10-6-3-7-11-23/h2-16,20H,17-19H2,1H3. The summed E-state index contributed by atoms with van der Waals surface area (Å²) in [4.78, 5) is 32.1. The average molecular weight is 424 g/mol. The van der Waals surface area contributed by atoms with Crippen LogP contribution in [0.15, 0.2) is 102 Å². The van der Waals surface area contributed by atoms with Crippen molar-refractivity contribution >= 4 is 5.91 Å². The van der Waals surface area contributed by atoms with Crippen LogP contribution in [0, 0.1) is 6.92 Å². The van der Waals surface area contributed by atoms with E-state index in [1.165, 1.54) is 17.0 Å². The second kappa shape index (κ2) is 9.88. The summed E-state index contributed by atoms with van der Waals surface area (Å²) in [5.41, 5.74) is 4.45. The van der Waals surface area contributed by atoms with Crippen LogP contribution in [0.1, 0.15) is 16.7 Å². The molecule has 4 aromatic rings. The van der Waals surface area contributed by atoms with E-state index in [0.29, 0.717) is 18.8 Å². The van der Waals surface area contributed by atoms with Crippen LogP contribution in [-0.4, -0.2) is 20.4 Å². The van der Waals surface area contributed by atoms with E-state index in [2.05, 4.69) is 4.98 Å². The molecular formula is C27H25N3O2. The minimum atomic E-state index is -0.247. The summed E-state index contributed by atoms with van der Waals surface area (Å²) in [6.07, 6.45) is 1.46. The molecule has 0 radical (unpaired) electrons. The highest BCUT2D eigenvalue weighted by molar-refractivity contribution is 5.76. The number of amides is 1. The fraction of sp³-hybridized carbons (Fsp3) is 0.148. The fourth-order valence-electron chi connectivity index (χ4n) is 3.51. The van der Waals surface area contributed by atoms with E-state index in [9.17, 15) is 9.59 Å². The van der Waals surface area contributed by atoms with E-state index in [1.54, 1.807) is 4.90 Å². The van der Waals surface area contributed by atoms with Gasteiger partial charge in [-0.05, 0) is 18.1 Å². The van der Waals surface area contributed by atoms with Crippen LogP contribution < -0.4 is 5.56 Å². The second-order valence-electron chi connectivity index (χ2n) is 7.83. The highest BCUT2D eigenvalue weighted by Gasteiger charge is 2.16. The monoisotopic (exact) mass is 423 g/mol. The van der Waals surface area contributed by atoms with E-state index < -0.39 is 0 Å². The third-order valence-electron chi connectivity index (χ3n) is 5.32. The zero-order valence-electron chi connectivity index (χ0n) is 18.0. The van der Waals surface area contributed by atoms with Gasteiger partial charge in [0.25, 0.3) is 5.56 Å². The summed E-state index contributed by atoms with van der Waals surface area (Å²) in [6, 6.07) is 29.0. The molecule has 1 aromatic heterocycles. The Morgan fingerprint density at radius 2 is 1.41 bits per heavy atom. The lowest BCUT2D eigenvalue weighted by atomic mass is 10.1. The predicted molar refractivity (Wildman–Crippen MR) is 126 cm³/mol. The van der Waals surface area contributed by atoms with Gasteiger partial charge >= 0.3 is 0 Å². The Morgan fingerprint density at radius 3 is 1.94 bits per heavy atom. The van der Waals surface area contributed by atoms with Gasteiger partial charge in [-0.15, -0.1) is 0 Å². The molecular weight excluding hydrogens is 398 g/mol. The number of aromatic nitrogens is 2. The SMILES string of the molecule is Cc1ccc(-c2cc(=O)n(CC(=O)N(Cc3ccccc3)Cc3ccccc3)cn2)cc1. The highest BCUT2D eigenvalue weighted by atomic mass is 16.2. The molecule has 3 aromatic carbocycles. The van der Waals surface area contributed by atoms with Crippen LogP contribution in [0.5, 0.6) is 0 Å². The van der Waals surface area contributed by atoms with E-state index in [-0.39, 0.29) is 18.0 Å². The first kappa shape index (κ1) is 21.2. The van der Waals surface area contributed by atoms with E-state index >= 15 is 0 Å². The van der Waals surface area contributed by atoms with Crippen molar-refractivity contribution in [2.45, 2.75) is 26.6 Å². The molecule has 0 aliphatic carbocycles. The van der Waals surface area contributed by atoms with Crippen molar-refractivity contribution in [3.05, 3.63) is 124 Å². The van der Waals surface area contributed by atoms with Gasteiger partial charge in [-0.1, -0.05) is 90.5 Å². The van der Waals surface area contributed by atoms with Gasteiger partial charge in [-0.2, -0.15) is 0 Å². The summed E-state index contributed by atoms with van der Waals surface area (Å²) < 4.78 is 1.36. The van der Waals surface area contributed by atoms with Crippen molar-refractivity contribution < 1.29 is 4.79 Å². The molecule has 0 atom stereocenters. The zero-order valence-corrected chi connectivity index (χ0v) is 18.0. The molecule has 0 unspecified atom stereocenters. The van der Waals surface area contributed by atoms with Gasteiger partial charge < -0.3 is 4.90 Å². The van der Waals surface area contributed by atoms with Crippen LogP contribution in [0.2, 0.25) is 0 Å². The molecule has 0 saturated carbocycles. The van der Waals surface area contributed by atoms with Gasteiger partial charge in [-0.3, -0.25) is 14.2 Å². The zero-order chi connectivity index (χ0) is 22.3. The Balaban J connectivity index is 1.54. The minimum Gasteiger partial charge on any atom is -0.332 e. The van der Waals surface area contributed by atoms with Crippen LogP contribution in [0.4, 0.5) is 0 Å². The summed E-state index contributed by atoms with van der Waals surface area (Å²) in [6.45, 7) is 2.90. The third-order valence-corrected chi connectivity index (χ3v) is 5.32. The lowest BCUT2D eigenvalue weighted by Crippen LogP contribution is -2.35. The van der Waals surface area contributed by atoms with Crippen molar-refractivity contribution in [3.8, 4) is 11.3 Å². The van der Waals surface area contributed by atoms with Crippen LogP contribution >= 0.6 is 0 Å². The predicted octanol–water partition coefficient (Wildman–Crippen LogP) is 4.45. The Hall–Kier alpha value is -3.99. The third kappa shape index (κ3) is 5.38. The molecule has 5 heteroatoms. The first-order valence-corrected chi connectivity index (χ1v) is 10.6. The first-order chi connectivity index (χ1) is 15.6. The van der Waals surface area contributed by atoms with Crippen LogP contribution in [-0.2, 0) is 24.4 Å². The van der Waals surface area contributed by atoms with Gasteiger partial charge in [0.05, 0.1) is 12.0 Å². The summed E-state index contributed by atoms with van der Waals surface area (Å²) in [5.74, 6) is -0.135. The largest absolute Gasteiger partial charge is 0.332 e. The Morgan fingerprint density at radius 1 is 0.844 bits per heavy atom. The van der Waals surface area contributed by atoms with Crippen LogP contribution in [0.3, 0.4) is 0 Å². The van der Waals surface area contributed by atoms with Crippen molar-refractivity contribution in [2.75, 3.05) is 0 Å². The molecule has 4 rings (SSSR count). The minimum absolute atomic E-state index is 0.0559. The maximum atomic E-state index is 13.2. The van der Waals surface area contributed by atoms with E-state index in [1.807, 2.05) is 91.9 Å². The van der Waals surface area contributed by atoms with Crippen molar-refractivity contribution in [1.29, 1.82) is 0 Å². The molecule has 0 bridgehead atoms. The molecule has 0 aliphatic heterocycles. The number of carbonyl (C=O) groups is 1. The number of nitrogens with zero attached hydrogens (tertiary/aromatic N) is 3. The summed E-state index contributed by atoms with van der Waals surface area (Å²) in [7, 11) is 0. The molecule has 0 N–H and O–H groups in total. The molecule has 1 amide bonds. The Labute approximate surface area is 187 Å². The Bertz CT molecular complexity index is 1190. The maximum Gasteiger partial charge on any atom is 0.254 e. The van der Waals surface area contributed by atoms with Gasteiger partial charge in [0.2, 0.25) is 5.91 Å². The smallest absolute Gasteiger partial charge is 0.254 e. The fourth-order valence-corrected chi connectivity index (χ4v) is 3.51. The van der Waals surface area contributed by atoms with Crippen molar-refractivity contribution in [1.82, 2.24) is 14.5 Å². The van der Waals surface area contributed by atoms with Gasteiger partial charge in [0, 0.05) is 24.7 Å². The number of benzene rings is 3. The molecule has 0 aliphatic rings. The lowest BCUT2D eigenvalue weighted by Gasteiger charge is -2.23. The van der Waals surface area contributed by atoms with Crippen molar-refractivity contribution in [2.24, 2.45) is 0 Å². The molecule has 32 heavy (non-hydrogen) atoms. The quantitative estimate of drug-likeness (QED) is 0.441. The number of carbonyl (C=O) groups excluding carboxylic acids is 1. The molecule has 0 saturated heterocycles. The number of hydrogen-bond donors (Lipinski definition) is 0. The molecule has 160 valence electrons. The number of rotatable bonds is 7. The van der Waals surface area contributed by atoms with E-state index in [0.717, 1.165) is 22.3 Å². The molecule has 0 spiro atoms. The topological polar surface area (TPSA) is 55.2 Å². The normalized spacial score (nSPS) is 10.7. The lowest BCUT2D eigenvalue weighted by molar-refractivity contribution is -0.133. The molecule has 0 fully saturated rings. The number of aryl methyl sites for hydroxylation is 1. The number of hydrogen-bond acceptors (Lipinski definition) is 3. The van der Waals surface area contributed by atoms with Gasteiger partial charge in [0.1, 0.15) is 6.54 Å². The Kier molecular flexibility index (Phi) is 6.56. The highest BCUT2D eigenvalue weighted by Crippen LogP contribution is 2.16.